The standard InChI is InChI=1S/C23H29N3O2/c1-18-16-24-10-9-22(18)19-5-7-20(8-6-19)23(27)26-11-3-2-4-21(26)17-25-12-14-28-15-13-25/h5-10,16,21H,2-4,11-15,17H2,1H3/t21-/m0/s1. The van der Waals surface area contributed by atoms with Gasteiger partial charge in [-0.3, -0.25) is 14.7 Å². The van der Waals surface area contributed by atoms with Gasteiger partial charge in [0.2, 0.25) is 0 Å². The van der Waals surface area contributed by atoms with Crippen molar-refractivity contribution in [3.05, 3.63) is 53.9 Å². The highest BCUT2D eigenvalue weighted by atomic mass is 16.5. The molecule has 0 aliphatic carbocycles. The fourth-order valence-electron chi connectivity index (χ4n) is 4.29. The largest absolute Gasteiger partial charge is 0.379 e. The first-order valence-corrected chi connectivity index (χ1v) is 10.3. The maximum absolute atomic E-state index is 13.2. The summed E-state index contributed by atoms with van der Waals surface area (Å²) < 4.78 is 5.46. The van der Waals surface area contributed by atoms with Crippen molar-refractivity contribution in [2.45, 2.75) is 32.2 Å². The molecule has 28 heavy (non-hydrogen) atoms. The third-order valence-corrected chi connectivity index (χ3v) is 5.92. The molecular weight excluding hydrogens is 350 g/mol. The molecule has 1 atom stereocenters. The number of hydrogen-bond acceptors (Lipinski definition) is 4. The summed E-state index contributed by atoms with van der Waals surface area (Å²) in [5, 5.41) is 0. The summed E-state index contributed by atoms with van der Waals surface area (Å²) in [6.07, 6.45) is 7.08. The van der Waals surface area contributed by atoms with E-state index in [1.54, 1.807) is 0 Å². The van der Waals surface area contributed by atoms with Crippen molar-refractivity contribution in [2.75, 3.05) is 39.4 Å². The lowest BCUT2D eigenvalue weighted by atomic mass is 9.98. The molecule has 2 fully saturated rings. The van der Waals surface area contributed by atoms with Crippen LogP contribution in [0.15, 0.2) is 42.7 Å². The molecule has 1 aromatic carbocycles. The molecular formula is C23H29N3O2. The van der Waals surface area contributed by atoms with Gasteiger partial charge in [0.1, 0.15) is 0 Å². The minimum atomic E-state index is 0.163. The minimum absolute atomic E-state index is 0.163. The SMILES string of the molecule is Cc1cnccc1-c1ccc(C(=O)N2CCCC[C@H]2CN2CCOCC2)cc1. The number of ether oxygens (including phenoxy) is 1. The van der Waals surface area contributed by atoms with Gasteiger partial charge in [0.25, 0.3) is 5.91 Å². The first-order valence-electron chi connectivity index (χ1n) is 10.3. The zero-order chi connectivity index (χ0) is 19.3. The number of carbonyl (C=O) groups excluding carboxylic acids is 1. The summed E-state index contributed by atoms with van der Waals surface area (Å²) in [6.45, 7) is 7.43. The van der Waals surface area contributed by atoms with E-state index in [-0.39, 0.29) is 5.91 Å². The molecule has 0 bridgehead atoms. The Bertz CT molecular complexity index is 800. The van der Waals surface area contributed by atoms with Gasteiger partial charge in [0.05, 0.1) is 13.2 Å². The quantitative estimate of drug-likeness (QED) is 0.817. The smallest absolute Gasteiger partial charge is 0.254 e. The van der Waals surface area contributed by atoms with E-state index in [2.05, 4.69) is 33.8 Å². The average molecular weight is 380 g/mol. The van der Waals surface area contributed by atoms with Crippen LogP contribution in [0.5, 0.6) is 0 Å². The number of pyridine rings is 1. The van der Waals surface area contributed by atoms with Crippen molar-refractivity contribution in [1.29, 1.82) is 0 Å². The second-order valence-corrected chi connectivity index (χ2v) is 7.83. The summed E-state index contributed by atoms with van der Waals surface area (Å²) in [5.41, 5.74) is 4.21. The van der Waals surface area contributed by atoms with Gasteiger partial charge in [0, 0.05) is 50.2 Å². The van der Waals surface area contributed by atoms with Crippen LogP contribution >= 0.6 is 0 Å². The minimum Gasteiger partial charge on any atom is -0.379 e. The van der Waals surface area contributed by atoms with Gasteiger partial charge >= 0.3 is 0 Å². The van der Waals surface area contributed by atoms with Crippen molar-refractivity contribution >= 4 is 5.91 Å². The zero-order valence-electron chi connectivity index (χ0n) is 16.6. The van der Waals surface area contributed by atoms with Crippen molar-refractivity contribution in [3.63, 3.8) is 0 Å². The van der Waals surface area contributed by atoms with Gasteiger partial charge in [-0.05, 0) is 61.1 Å². The summed E-state index contributed by atoms with van der Waals surface area (Å²) in [5.74, 6) is 0.163. The number of nitrogens with zero attached hydrogens (tertiary/aromatic N) is 3. The van der Waals surface area contributed by atoms with Gasteiger partial charge in [-0.15, -0.1) is 0 Å². The highest BCUT2D eigenvalue weighted by molar-refractivity contribution is 5.95. The summed E-state index contributed by atoms with van der Waals surface area (Å²) in [6, 6.07) is 10.4. The van der Waals surface area contributed by atoms with E-state index in [1.807, 2.05) is 30.6 Å². The van der Waals surface area contributed by atoms with Crippen molar-refractivity contribution in [2.24, 2.45) is 0 Å². The lowest BCUT2D eigenvalue weighted by Crippen LogP contribution is -2.51. The molecule has 4 rings (SSSR count). The summed E-state index contributed by atoms with van der Waals surface area (Å²) in [4.78, 5) is 21.9. The van der Waals surface area contributed by atoms with Crippen molar-refractivity contribution < 1.29 is 9.53 Å². The number of aryl methyl sites for hydroxylation is 1. The van der Waals surface area contributed by atoms with Crippen LogP contribution in [0.1, 0.15) is 35.2 Å². The maximum Gasteiger partial charge on any atom is 0.254 e. The molecule has 2 saturated heterocycles. The molecule has 5 heteroatoms. The highest BCUT2D eigenvalue weighted by Gasteiger charge is 2.29. The molecule has 1 amide bonds. The van der Waals surface area contributed by atoms with Crippen LogP contribution in [-0.2, 0) is 4.74 Å². The molecule has 1 aromatic heterocycles. The number of rotatable bonds is 4. The predicted octanol–water partition coefficient (Wildman–Crippen LogP) is 3.38. The summed E-state index contributed by atoms with van der Waals surface area (Å²) in [7, 11) is 0. The van der Waals surface area contributed by atoms with Gasteiger partial charge in [-0.1, -0.05) is 12.1 Å². The monoisotopic (exact) mass is 379 g/mol. The Morgan fingerprint density at radius 1 is 1.11 bits per heavy atom. The van der Waals surface area contributed by atoms with Crippen LogP contribution in [0.25, 0.3) is 11.1 Å². The third-order valence-electron chi connectivity index (χ3n) is 5.92. The fraction of sp³-hybridized carbons (Fsp3) is 0.478. The fourth-order valence-corrected chi connectivity index (χ4v) is 4.29. The van der Waals surface area contributed by atoms with E-state index < -0.39 is 0 Å². The Kier molecular flexibility index (Phi) is 6.03. The molecule has 0 unspecified atom stereocenters. The molecule has 2 aliphatic heterocycles. The molecule has 3 heterocycles. The highest BCUT2D eigenvalue weighted by Crippen LogP contribution is 2.25. The van der Waals surface area contributed by atoms with Gasteiger partial charge in [-0.25, -0.2) is 0 Å². The van der Waals surface area contributed by atoms with Crippen LogP contribution < -0.4 is 0 Å². The molecule has 2 aliphatic rings. The second-order valence-electron chi connectivity index (χ2n) is 7.83. The molecule has 2 aromatic rings. The summed E-state index contributed by atoms with van der Waals surface area (Å²) >= 11 is 0. The van der Waals surface area contributed by atoms with Gasteiger partial charge < -0.3 is 9.64 Å². The topological polar surface area (TPSA) is 45.7 Å². The van der Waals surface area contributed by atoms with Crippen molar-refractivity contribution in [1.82, 2.24) is 14.8 Å². The van der Waals surface area contributed by atoms with E-state index >= 15 is 0 Å². The van der Waals surface area contributed by atoms with Crippen LogP contribution in [0.2, 0.25) is 0 Å². The number of morpholine rings is 1. The zero-order valence-corrected chi connectivity index (χ0v) is 16.6. The van der Waals surface area contributed by atoms with E-state index in [0.717, 1.165) is 74.5 Å². The Morgan fingerprint density at radius 3 is 2.64 bits per heavy atom. The second kappa shape index (κ2) is 8.84. The van der Waals surface area contributed by atoms with E-state index in [4.69, 9.17) is 4.74 Å². The Hall–Kier alpha value is -2.24. The Balaban J connectivity index is 1.48. The molecule has 0 spiro atoms. The predicted molar refractivity (Wildman–Crippen MR) is 110 cm³/mol. The van der Waals surface area contributed by atoms with Gasteiger partial charge in [-0.2, -0.15) is 0 Å². The number of hydrogen-bond donors (Lipinski definition) is 0. The molecule has 0 saturated carbocycles. The van der Waals surface area contributed by atoms with E-state index in [9.17, 15) is 4.79 Å². The number of aromatic nitrogens is 1. The van der Waals surface area contributed by atoms with Crippen LogP contribution in [0.3, 0.4) is 0 Å². The Morgan fingerprint density at radius 2 is 1.89 bits per heavy atom. The Labute approximate surface area is 167 Å². The van der Waals surface area contributed by atoms with E-state index in [0.29, 0.717) is 6.04 Å². The first-order chi connectivity index (χ1) is 13.7. The van der Waals surface area contributed by atoms with Crippen LogP contribution in [0, 0.1) is 6.92 Å². The van der Waals surface area contributed by atoms with Crippen LogP contribution in [0.4, 0.5) is 0 Å². The molecule has 148 valence electrons. The lowest BCUT2D eigenvalue weighted by molar-refractivity contribution is 0.0166. The van der Waals surface area contributed by atoms with Crippen molar-refractivity contribution in [3.8, 4) is 11.1 Å². The van der Waals surface area contributed by atoms with Gasteiger partial charge in [0.15, 0.2) is 0 Å². The van der Waals surface area contributed by atoms with Crippen LogP contribution in [-0.4, -0.2) is 66.1 Å². The normalized spacial score (nSPS) is 20.9. The molecule has 0 N–H and O–H groups in total. The number of likely N-dealkylation sites (tertiary alicyclic amines) is 1. The van der Waals surface area contributed by atoms with E-state index in [1.165, 1.54) is 6.42 Å². The number of carbonyl (C=O) groups is 1. The third kappa shape index (κ3) is 4.26. The number of benzene rings is 1. The lowest BCUT2D eigenvalue weighted by Gasteiger charge is -2.39. The maximum atomic E-state index is 13.2. The molecule has 0 radical (unpaired) electrons. The first kappa shape index (κ1) is 19.1. The molecule has 5 nitrogen and oxygen atoms in total. The number of amides is 1. The number of piperidine rings is 1. The average Bonchev–Trinajstić information content (AvgIpc) is 2.75.